The summed E-state index contributed by atoms with van der Waals surface area (Å²) in [5.41, 5.74) is 0.0716. The minimum atomic E-state index is -0.215. The van der Waals surface area contributed by atoms with E-state index in [1.807, 2.05) is 19.1 Å². The van der Waals surface area contributed by atoms with Crippen molar-refractivity contribution in [2.75, 3.05) is 20.2 Å². The van der Waals surface area contributed by atoms with E-state index in [2.05, 4.69) is 5.10 Å². The summed E-state index contributed by atoms with van der Waals surface area (Å²) in [6, 6.07) is 10.0. The lowest BCUT2D eigenvalue weighted by Gasteiger charge is -2.17. The highest BCUT2D eigenvalue weighted by molar-refractivity contribution is 6.30. The number of carbonyl (C=O) groups excluding carboxylic acids is 1. The predicted octanol–water partition coefficient (Wildman–Crippen LogP) is 2.85. The van der Waals surface area contributed by atoms with E-state index >= 15 is 0 Å². The quantitative estimate of drug-likeness (QED) is 0.676. The third kappa shape index (κ3) is 5.60. The van der Waals surface area contributed by atoms with Gasteiger partial charge in [-0.25, -0.2) is 4.68 Å². The fraction of sp³-hybridized carbons (Fsp3) is 0.389. The highest BCUT2D eigenvalue weighted by Crippen LogP contribution is 2.17. The first kappa shape index (κ1) is 19.0. The molecule has 7 heteroatoms. The number of aryl methyl sites for hydroxylation is 1. The third-order valence-electron chi connectivity index (χ3n) is 3.57. The Balaban J connectivity index is 1.86. The zero-order valence-electron chi connectivity index (χ0n) is 14.4. The molecule has 2 aromatic rings. The van der Waals surface area contributed by atoms with Crippen LogP contribution in [0.3, 0.4) is 0 Å². The number of hydrogen-bond acceptors (Lipinski definition) is 4. The molecule has 0 unspecified atom stereocenters. The zero-order valence-corrected chi connectivity index (χ0v) is 15.2. The van der Waals surface area contributed by atoms with Gasteiger partial charge in [-0.2, -0.15) is 5.10 Å². The molecule has 1 aromatic carbocycles. The molecule has 6 nitrogen and oxygen atoms in total. The first-order chi connectivity index (χ1) is 12.0. The van der Waals surface area contributed by atoms with Crippen molar-refractivity contribution in [1.29, 1.82) is 0 Å². The van der Waals surface area contributed by atoms with E-state index in [4.69, 9.17) is 16.3 Å². The molecule has 0 aliphatic rings. The van der Waals surface area contributed by atoms with E-state index in [9.17, 15) is 9.59 Å². The number of nitrogens with zero attached hydrogens (tertiary/aromatic N) is 3. The second-order valence-electron chi connectivity index (χ2n) is 5.67. The van der Waals surface area contributed by atoms with Crippen LogP contribution in [0.15, 0.2) is 41.2 Å². The van der Waals surface area contributed by atoms with Crippen molar-refractivity contribution in [3.63, 3.8) is 0 Å². The predicted molar refractivity (Wildman–Crippen MR) is 97.3 cm³/mol. The fourth-order valence-corrected chi connectivity index (χ4v) is 2.46. The van der Waals surface area contributed by atoms with Gasteiger partial charge in [0.1, 0.15) is 11.4 Å². The van der Waals surface area contributed by atoms with E-state index in [0.717, 1.165) is 6.42 Å². The molecule has 0 radical (unpaired) electrons. The van der Waals surface area contributed by atoms with Gasteiger partial charge in [0.05, 0.1) is 6.61 Å². The highest BCUT2D eigenvalue weighted by Gasteiger charge is 2.14. The van der Waals surface area contributed by atoms with Crippen LogP contribution in [0, 0.1) is 0 Å². The molecular formula is C18H22ClN3O3. The summed E-state index contributed by atoms with van der Waals surface area (Å²) in [6.45, 7) is 3.44. The number of hydrogen-bond donors (Lipinski definition) is 0. The molecule has 2 rings (SSSR count). The van der Waals surface area contributed by atoms with Crippen molar-refractivity contribution < 1.29 is 9.53 Å². The molecule has 25 heavy (non-hydrogen) atoms. The summed E-state index contributed by atoms with van der Waals surface area (Å²) in [6.07, 6.45) is 1.45. The van der Waals surface area contributed by atoms with Gasteiger partial charge in [0, 0.05) is 31.2 Å². The number of rotatable bonds is 8. The summed E-state index contributed by atoms with van der Waals surface area (Å²) < 4.78 is 6.93. The molecule has 0 aliphatic carbocycles. The Kier molecular flexibility index (Phi) is 7.01. The summed E-state index contributed by atoms with van der Waals surface area (Å²) in [5.74, 6) is 0.488. The maximum atomic E-state index is 12.4. The van der Waals surface area contributed by atoms with Gasteiger partial charge < -0.3 is 9.64 Å². The first-order valence-electron chi connectivity index (χ1n) is 8.23. The van der Waals surface area contributed by atoms with Gasteiger partial charge in [0.2, 0.25) is 0 Å². The van der Waals surface area contributed by atoms with Crippen LogP contribution in [-0.2, 0) is 6.54 Å². The van der Waals surface area contributed by atoms with Gasteiger partial charge in [-0.1, -0.05) is 24.6 Å². The average Bonchev–Trinajstić information content (AvgIpc) is 2.60. The minimum absolute atomic E-state index is 0.198. The molecule has 0 saturated carbocycles. The van der Waals surface area contributed by atoms with E-state index in [-0.39, 0.29) is 17.2 Å². The summed E-state index contributed by atoms with van der Waals surface area (Å²) >= 11 is 5.90. The molecule has 1 heterocycles. The molecule has 134 valence electrons. The smallest absolute Gasteiger partial charge is 0.274 e. The van der Waals surface area contributed by atoms with E-state index in [1.54, 1.807) is 24.1 Å². The SMILES string of the molecule is CCCn1nc(C(=O)N(C)CCCOc2cccc(Cl)c2)ccc1=O. The monoisotopic (exact) mass is 363 g/mol. The van der Waals surface area contributed by atoms with Gasteiger partial charge >= 0.3 is 0 Å². The second-order valence-corrected chi connectivity index (χ2v) is 6.10. The van der Waals surface area contributed by atoms with Crippen LogP contribution in [0.5, 0.6) is 5.75 Å². The van der Waals surface area contributed by atoms with Crippen molar-refractivity contribution in [3.8, 4) is 5.75 Å². The molecule has 1 amide bonds. The normalized spacial score (nSPS) is 10.5. The molecule has 0 saturated heterocycles. The Morgan fingerprint density at radius 2 is 2.12 bits per heavy atom. The second kappa shape index (κ2) is 9.22. The van der Waals surface area contributed by atoms with Gasteiger partial charge in [-0.3, -0.25) is 9.59 Å². The van der Waals surface area contributed by atoms with E-state index < -0.39 is 0 Å². The van der Waals surface area contributed by atoms with Gasteiger partial charge in [-0.15, -0.1) is 0 Å². The van der Waals surface area contributed by atoms with Crippen molar-refractivity contribution in [1.82, 2.24) is 14.7 Å². The number of halogens is 1. The Labute approximate surface area is 152 Å². The summed E-state index contributed by atoms with van der Waals surface area (Å²) in [5, 5.41) is 4.76. The van der Waals surface area contributed by atoms with Crippen LogP contribution in [0.2, 0.25) is 5.02 Å². The number of aromatic nitrogens is 2. The molecular weight excluding hydrogens is 342 g/mol. The molecule has 1 aromatic heterocycles. The van der Waals surface area contributed by atoms with Gasteiger partial charge in [0.15, 0.2) is 0 Å². The van der Waals surface area contributed by atoms with E-state index in [0.29, 0.717) is 36.9 Å². The molecule has 0 N–H and O–H groups in total. The maximum absolute atomic E-state index is 12.4. The van der Waals surface area contributed by atoms with Gasteiger partial charge in [0.25, 0.3) is 11.5 Å². The molecule has 0 aliphatic heterocycles. The Morgan fingerprint density at radius 3 is 2.84 bits per heavy atom. The topological polar surface area (TPSA) is 64.4 Å². The summed E-state index contributed by atoms with van der Waals surface area (Å²) in [7, 11) is 1.71. The van der Waals surface area contributed by atoms with Crippen LogP contribution >= 0.6 is 11.6 Å². The Hall–Kier alpha value is -2.34. The lowest BCUT2D eigenvalue weighted by atomic mass is 10.3. The fourth-order valence-electron chi connectivity index (χ4n) is 2.28. The van der Waals surface area contributed by atoms with Crippen molar-refractivity contribution >= 4 is 17.5 Å². The van der Waals surface area contributed by atoms with Crippen LogP contribution in [0.1, 0.15) is 30.3 Å². The molecule has 0 atom stereocenters. The number of amides is 1. The van der Waals surface area contributed by atoms with Crippen LogP contribution in [0.4, 0.5) is 0 Å². The minimum Gasteiger partial charge on any atom is -0.493 e. The van der Waals surface area contributed by atoms with Crippen molar-refractivity contribution in [3.05, 3.63) is 57.5 Å². The maximum Gasteiger partial charge on any atom is 0.274 e. The molecule has 0 fully saturated rings. The zero-order chi connectivity index (χ0) is 18.2. The van der Waals surface area contributed by atoms with Crippen LogP contribution in [-0.4, -0.2) is 40.8 Å². The van der Waals surface area contributed by atoms with Crippen molar-refractivity contribution in [2.45, 2.75) is 26.3 Å². The highest BCUT2D eigenvalue weighted by atomic mass is 35.5. The number of ether oxygens (including phenoxy) is 1. The largest absolute Gasteiger partial charge is 0.493 e. The Bertz CT molecular complexity index is 776. The van der Waals surface area contributed by atoms with E-state index in [1.165, 1.54) is 16.8 Å². The third-order valence-corrected chi connectivity index (χ3v) is 3.81. The van der Waals surface area contributed by atoms with Gasteiger partial charge in [-0.05, 0) is 37.1 Å². The van der Waals surface area contributed by atoms with Crippen LogP contribution < -0.4 is 10.3 Å². The average molecular weight is 364 g/mol. The lowest BCUT2D eigenvalue weighted by molar-refractivity contribution is 0.0779. The number of carbonyl (C=O) groups is 1. The van der Waals surface area contributed by atoms with Crippen LogP contribution in [0.25, 0.3) is 0 Å². The van der Waals surface area contributed by atoms with Crippen molar-refractivity contribution in [2.24, 2.45) is 0 Å². The lowest BCUT2D eigenvalue weighted by Crippen LogP contribution is -2.32. The number of benzene rings is 1. The Morgan fingerprint density at radius 1 is 1.32 bits per heavy atom. The first-order valence-corrected chi connectivity index (χ1v) is 8.61. The summed E-state index contributed by atoms with van der Waals surface area (Å²) in [4.78, 5) is 25.7. The molecule has 0 spiro atoms. The molecule has 0 bridgehead atoms. The standard InChI is InChI=1S/C18H22ClN3O3/c1-3-10-22-17(23)9-8-16(20-22)18(24)21(2)11-5-12-25-15-7-4-6-14(19)13-15/h4,6-9,13H,3,5,10-12H2,1-2H3.